The predicted octanol–water partition coefficient (Wildman–Crippen LogP) is 4.68. The van der Waals surface area contributed by atoms with E-state index in [4.69, 9.17) is 11.5 Å². The molecule has 0 spiro atoms. The fraction of sp³-hybridized carbons (Fsp3) is 0.143. The van der Waals surface area contributed by atoms with Crippen LogP contribution >= 0.6 is 31.9 Å². The van der Waals surface area contributed by atoms with Crippen molar-refractivity contribution in [3.8, 4) is 0 Å². The highest BCUT2D eigenvalue weighted by molar-refractivity contribution is 9.10. The molecule has 18 heavy (non-hydrogen) atoms. The minimum atomic E-state index is 0.799. The van der Waals surface area contributed by atoms with Crippen molar-refractivity contribution in [3.63, 3.8) is 0 Å². The molecule has 0 aliphatic carbocycles. The minimum absolute atomic E-state index is 0.799. The number of hydrogen-bond donors (Lipinski definition) is 2. The van der Waals surface area contributed by atoms with Crippen LogP contribution in [0.2, 0.25) is 0 Å². The fourth-order valence-electron chi connectivity index (χ4n) is 1.28. The number of rotatable bonds is 0. The van der Waals surface area contributed by atoms with Gasteiger partial charge in [0.2, 0.25) is 0 Å². The lowest BCUT2D eigenvalue weighted by Crippen LogP contribution is -1.84. The second-order valence-electron chi connectivity index (χ2n) is 4.02. The summed E-state index contributed by atoms with van der Waals surface area (Å²) < 4.78 is 2.18. The van der Waals surface area contributed by atoms with Gasteiger partial charge in [0.25, 0.3) is 0 Å². The molecule has 2 aromatic rings. The smallest absolute Gasteiger partial charge is 0.0325 e. The van der Waals surface area contributed by atoms with Crippen LogP contribution in [0.3, 0.4) is 0 Å². The standard InChI is InChI=1S/2C7H8BrN/c1-5-4-6(9)2-3-7(5)8;1-5-2-3-6(9)4-7(5)8/h2*2-4H,9H2,1H3. The van der Waals surface area contributed by atoms with Gasteiger partial charge in [0.1, 0.15) is 0 Å². The van der Waals surface area contributed by atoms with Gasteiger partial charge in [-0.1, -0.05) is 37.9 Å². The van der Waals surface area contributed by atoms with Gasteiger partial charge in [0.05, 0.1) is 0 Å². The maximum atomic E-state index is 5.51. The largest absolute Gasteiger partial charge is 0.399 e. The second kappa shape index (κ2) is 6.81. The number of aryl methyl sites for hydroxylation is 2. The molecule has 2 rings (SSSR count). The van der Waals surface area contributed by atoms with Crippen molar-refractivity contribution in [3.05, 3.63) is 56.5 Å². The SMILES string of the molecule is Cc1cc(N)ccc1Br.Cc1ccc(N)cc1Br. The Kier molecular flexibility index (Phi) is 5.69. The molecule has 0 aromatic heterocycles. The normalized spacial score (nSPS) is 9.56. The minimum Gasteiger partial charge on any atom is -0.399 e. The molecule has 0 atom stereocenters. The third-order valence-electron chi connectivity index (χ3n) is 2.38. The molecule has 2 nitrogen and oxygen atoms in total. The molecule has 4 heteroatoms. The van der Waals surface area contributed by atoms with Gasteiger partial charge in [0.15, 0.2) is 0 Å². The van der Waals surface area contributed by atoms with E-state index in [0.717, 1.165) is 20.3 Å². The highest BCUT2D eigenvalue weighted by Crippen LogP contribution is 2.18. The van der Waals surface area contributed by atoms with Crippen molar-refractivity contribution in [2.24, 2.45) is 0 Å². The van der Waals surface area contributed by atoms with E-state index in [1.807, 2.05) is 50.2 Å². The molecule has 0 unspecified atom stereocenters. The van der Waals surface area contributed by atoms with Crippen molar-refractivity contribution in [2.75, 3.05) is 11.5 Å². The summed E-state index contributed by atoms with van der Waals surface area (Å²) in [5.41, 5.74) is 15.0. The van der Waals surface area contributed by atoms with Crippen LogP contribution in [-0.4, -0.2) is 0 Å². The monoisotopic (exact) mass is 370 g/mol. The molecule has 0 heterocycles. The zero-order valence-electron chi connectivity index (χ0n) is 10.4. The maximum absolute atomic E-state index is 5.51. The lowest BCUT2D eigenvalue weighted by Gasteiger charge is -1.96. The van der Waals surface area contributed by atoms with E-state index in [1.54, 1.807) is 0 Å². The highest BCUT2D eigenvalue weighted by atomic mass is 79.9. The van der Waals surface area contributed by atoms with E-state index in [9.17, 15) is 0 Å². The third-order valence-corrected chi connectivity index (χ3v) is 4.12. The number of nitrogen functional groups attached to an aromatic ring is 2. The molecule has 0 amide bonds. The Labute approximate surface area is 125 Å². The van der Waals surface area contributed by atoms with E-state index < -0.39 is 0 Å². The average molecular weight is 372 g/mol. The average Bonchev–Trinajstić information content (AvgIpc) is 2.30. The molecule has 0 fully saturated rings. The van der Waals surface area contributed by atoms with E-state index in [-0.39, 0.29) is 0 Å². The van der Waals surface area contributed by atoms with Gasteiger partial charge in [-0.3, -0.25) is 0 Å². The summed E-state index contributed by atoms with van der Waals surface area (Å²) in [5, 5.41) is 0. The quantitative estimate of drug-likeness (QED) is 0.660. The fourth-order valence-corrected chi connectivity index (χ4v) is 1.92. The highest BCUT2D eigenvalue weighted by Gasteiger charge is 1.92. The zero-order chi connectivity index (χ0) is 13.7. The molecular weight excluding hydrogens is 356 g/mol. The van der Waals surface area contributed by atoms with E-state index in [0.29, 0.717) is 0 Å². The lowest BCUT2D eigenvalue weighted by molar-refractivity contribution is 1.43. The van der Waals surface area contributed by atoms with E-state index in [2.05, 4.69) is 31.9 Å². The number of benzene rings is 2. The zero-order valence-corrected chi connectivity index (χ0v) is 13.5. The summed E-state index contributed by atoms with van der Waals surface area (Å²) in [6.07, 6.45) is 0. The Bertz CT molecular complexity index is 490. The molecule has 4 N–H and O–H groups in total. The topological polar surface area (TPSA) is 52.0 Å². The molecule has 0 aliphatic rings. The van der Waals surface area contributed by atoms with Crippen LogP contribution in [0.15, 0.2) is 45.3 Å². The Morgan fingerprint density at radius 1 is 0.722 bits per heavy atom. The van der Waals surface area contributed by atoms with Crippen molar-refractivity contribution in [1.82, 2.24) is 0 Å². The molecule has 0 aliphatic heterocycles. The Morgan fingerprint density at radius 2 is 1.28 bits per heavy atom. The summed E-state index contributed by atoms with van der Waals surface area (Å²) in [7, 11) is 0. The lowest BCUT2D eigenvalue weighted by atomic mass is 10.2. The van der Waals surface area contributed by atoms with Gasteiger partial charge in [-0.15, -0.1) is 0 Å². The summed E-state index contributed by atoms with van der Waals surface area (Å²) in [6, 6.07) is 11.5. The maximum Gasteiger partial charge on any atom is 0.0325 e. The molecule has 96 valence electrons. The molecule has 2 aromatic carbocycles. The van der Waals surface area contributed by atoms with Crippen LogP contribution < -0.4 is 11.5 Å². The summed E-state index contributed by atoms with van der Waals surface area (Å²) >= 11 is 6.74. The number of anilines is 2. The predicted molar refractivity (Wildman–Crippen MR) is 86.6 cm³/mol. The first kappa shape index (κ1) is 15.1. The van der Waals surface area contributed by atoms with Gasteiger partial charge in [-0.25, -0.2) is 0 Å². The Balaban J connectivity index is 0.000000180. The number of halogens is 2. The number of nitrogens with two attached hydrogens (primary N) is 2. The van der Waals surface area contributed by atoms with Crippen LogP contribution in [0.5, 0.6) is 0 Å². The summed E-state index contributed by atoms with van der Waals surface area (Å²) in [5.74, 6) is 0. The van der Waals surface area contributed by atoms with Crippen LogP contribution in [0.1, 0.15) is 11.1 Å². The molecule has 0 radical (unpaired) electrons. The Hall–Kier alpha value is -1.00. The van der Waals surface area contributed by atoms with Crippen LogP contribution in [0.4, 0.5) is 11.4 Å². The van der Waals surface area contributed by atoms with Gasteiger partial charge < -0.3 is 11.5 Å². The van der Waals surface area contributed by atoms with Gasteiger partial charge in [-0.05, 0) is 55.3 Å². The van der Waals surface area contributed by atoms with Crippen molar-refractivity contribution in [1.29, 1.82) is 0 Å². The van der Waals surface area contributed by atoms with Crippen LogP contribution in [-0.2, 0) is 0 Å². The summed E-state index contributed by atoms with van der Waals surface area (Å²) in [4.78, 5) is 0. The van der Waals surface area contributed by atoms with E-state index >= 15 is 0 Å². The van der Waals surface area contributed by atoms with Crippen molar-refractivity contribution >= 4 is 43.2 Å². The van der Waals surface area contributed by atoms with Crippen molar-refractivity contribution in [2.45, 2.75) is 13.8 Å². The second-order valence-corrected chi connectivity index (χ2v) is 5.73. The first-order valence-electron chi connectivity index (χ1n) is 5.43. The van der Waals surface area contributed by atoms with Gasteiger partial charge >= 0.3 is 0 Å². The Morgan fingerprint density at radius 3 is 1.72 bits per heavy atom. The first-order chi connectivity index (χ1) is 8.40. The first-order valence-corrected chi connectivity index (χ1v) is 7.02. The van der Waals surface area contributed by atoms with Gasteiger partial charge in [0, 0.05) is 20.3 Å². The molecular formula is C14H16Br2N2. The van der Waals surface area contributed by atoms with Crippen LogP contribution in [0, 0.1) is 13.8 Å². The third kappa shape index (κ3) is 4.70. The van der Waals surface area contributed by atoms with Crippen molar-refractivity contribution < 1.29 is 0 Å². The number of hydrogen-bond acceptors (Lipinski definition) is 2. The molecule has 0 bridgehead atoms. The molecule has 0 saturated heterocycles. The van der Waals surface area contributed by atoms with Crippen LogP contribution in [0.25, 0.3) is 0 Å². The summed E-state index contributed by atoms with van der Waals surface area (Å²) in [6.45, 7) is 4.05. The van der Waals surface area contributed by atoms with E-state index in [1.165, 1.54) is 11.1 Å². The molecule has 0 saturated carbocycles. The van der Waals surface area contributed by atoms with Gasteiger partial charge in [-0.2, -0.15) is 0 Å².